The van der Waals surface area contributed by atoms with E-state index in [1.807, 2.05) is 13.8 Å². The van der Waals surface area contributed by atoms with Crippen LogP contribution in [0.25, 0.3) is 0 Å². The Hall–Kier alpha value is -2.35. The maximum atomic E-state index is 13.4. The van der Waals surface area contributed by atoms with E-state index in [-0.39, 0.29) is 25.4 Å². The molecule has 174 valence electrons. The van der Waals surface area contributed by atoms with E-state index in [0.29, 0.717) is 19.2 Å². The molecule has 0 saturated carbocycles. The smallest absolute Gasteiger partial charge is 0.409 e. The van der Waals surface area contributed by atoms with E-state index in [4.69, 9.17) is 4.74 Å². The molecule has 2 aliphatic heterocycles. The van der Waals surface area contributed by atoms with Crippen LogP contribution in [0.3, 0.4) is 0 Å². The minimum atomic E-state index is -0.304. The molecule has 3 rings (SSSR count). The van der Waals surface area contributed by atoms with Crippen molar-refractivity contribution in [3.05, 3.63) is 30.1 Å². The first-order chi connectivity index (χ1) is 15.0. The topological polar surface area (TPSA) is 65.1 Å². The summed E-state index contributed by atoms with van der Waals surface area (Å²) >= 11 is 0. The summed E-state index contributed by atoms with van der Waals surface area (Å²) in [4.78, 5) is 30.9. The summed E-state index contributed by atoms with van der Waals surface area (Å²) in [5.74, 6) is -0.304. The van der Waals surface area contributed by atoms with Gasteiger partial charge in [-0.1, -0.05) is 6.92 Å². The van der Waals surface area contributed by atoms with Gasteiger partial charge >= 0.3 is 12.1 Å². The largest absolute Gasteiger partial charge is 0.450 e. The highest BCUT2D eigenvalue weighted by Gasteiger charge is 2.33. The average molecular weight is 437 g/mol. The van der Waals surface area contributed by atoms with Crippen LogP contribution < -0.4 is 10.2 Å². The van der Waals surface area contributed by atoms with Gasteiger partial charge in [-0.05, 0) is 63.3 Å². The summed E-state index contributed by atoms with van der Waals surface area (Å²) in [6, 6.07) is 6.59. The first-order valence-electron chi connectivity index (χ1n) is 11.5. The van der Waals surface area contributed by atoms with Crippen LogP contribution >= 0.6 is 0 Å². The van der Waals surface area contributed by atoms with Crippen LogP contribution in [0.2, 0.25) is 0 Å². The van der Waals surface area contributed by atoms with Crippen LogP contribution in [0.15, 0.2) is 24.3 Å². The fraction of sp³-hybridized carbons (Fsp3) is 0.652. The molecule has 2 aliphatic rings. The predicted molar refractivity (Wildman–Crippen MR) is 121 cm³/mol. The molecule has 3 amide bonds. The molecule has 0 atom stereocenters. The van der Waals surface area contributed by atoms with E-state index in [0.717, 1.165) is 64.0 Å². The Morgan fingerprint density at radius 2 is 1.74 bits per heavy atom. The van der Waals surface area contributed by atoms with Gasteiger partial charge in [0.1, 0.15) is 5.82 Å². The third-order valence-electron chi connectivity index (χ3n) is 6.22. The molecule has 0 aromatic heterocycles. The van der Waals surface area contributed by atoms with Crippen LogP contribution in [0, 0.1) is 5.82 Å². The van der Waals surface area contributed by atoms with Gasteiger partial charge in [0.2, 0.25) is 0 Å². The number of carbonyl (C=O) groups is 2. The van der Waals surface area contributed by atoms with Crippen molar-refractivity contribution in [2.75, 3.05) is 44.2 Å². The fourth-order valence-corrected chi connectivity index (χ4v) is 4.55. The highest BCUT2D eigenvalue weighted by Crippen LogP contribution is 2.27. The lowest BCUT2D eigenvalue weighted by Crippen LogP contribution is -2.54. The number of hydrogen-bond donors (Lipinski definition) is 1. The van der Waals surface area contributed by atoms with Gasteiger partial charge in [0.05, 0.1) is 6.61 Å². The minimum Gasteiger partial charge on any atom is -0.450 e. The maximum absolute atomic E-state index is 13.4. The fourth-order valence-electron chi connectivity index (χ4n) is 4.55. The number of nitrogens with one attached hydrogen (secondary N) is 1. The highest BCUT2D eigenvalue weighted by atomic mass is 19.1. The van der Waals surface area contributed by atoms with E-state index >= 15 is 0 Å². The van der Waals surface area contributed by atoms with Crippen molar-refractivity contribution in [1.29, 1.82) is 0 Å². The molecule has 1 N–H and O–H groups in total. The minimum absolute atomic E-state index is 0. The Bertz CT molecular complexity index is 720. The molecule has 2 saturated heterocycles. The van der Waals surface area contributed by atoms with Crippen molar-refractivity contribution in [1.82, 2.24) is 15.1 Å². The monoisotopic (exact) mass is 436 g/mol. The van der Waals surface area contributed by atoms with Crippen molar-refractivity contribution in [3.8, 4) is 0 Å². The summed E-state index contributed by atoms with van der Waals surface area (Å²) in [7, 11) is 0. The third kappa shape index (κ3) is 6.09. The van der Waals surface area contributed by atoms with Crippen molar-refractivity contribution in [2.45, 2.75) is 58.0 Å². The van der Waals surface area contributed by atoms with E-state index in [1.54, 1.807) is 21.9 Å². The number of anilines is 1. The van der Waals surface area contributed by atoms with Gasteiger partial charge in [-0.25, -0.2) is 14.0 Å². The van der Waals surface area contributed by atoms with Gasteiger partial charge in [-0.2, -0.15) is 0 Å². The number of benzene rings is 1. The Morgan fingerprint density at radius 3 is 2.32 bits per heavy atom. The summed E-state index contributed by atoms with van der Waals surface area (Å²) in [5, 5.41) is 2.97. The molecule has 0 spiro atoms. The van der Waals surface area contributed by atoms with Crippen LogP contribution in [-0.2, 0) is 4.74 Å². The zero-order chi connectivity index (χ0) is 22.2. The second kappa shape index (κ2) is 11.3. The number of halogens is 1. The Morgan fingerprint density at radius 1 is 1.10 bits per heavy atom. The quantitative estimate of drug-likeness (QED) is 0.730. The second-order valence-corrected chi connectivity index (χ2v) is 8.26. The van der Waals surface area contributed by atoms with Crippen LogP contribution in [0.5, 0.6) is 0 Å². The molecule has 0 radical (unpaired) electrons. The average Bonchev–Trinajstić information content (AvgIpc) is 2.80. The lowest BCUT2D eigenvalue weighted by Gasteiger charge is -2.43. The summed E-state index contributed by atoms with van der Waals surface area (Å²) in [6.07, 6.45) is 4.29. The first-order valence-corrected chi connectivity index (χ1v) is 11.5. The lowest BCUT2D eigenvalue weighted by molar-refractivity contribution is 0.0664. The zero-order valence-corrected chi connectivity index (χ0v) is 18.7. The van der Waals surface area contributed by atoms with Gasteiger partial charge in [0, 0.05) is 51.9 Å². The van der Waals surface area contributed by atoms with Crippen LogP contribution in [-0.4, -0.2) is 73.3 Å². The highest BCUT2D eigenvalue weighted by molar-refractivity contribution is 5.92. The molecule has 0 bridgehead atoms. The van der Waals surface area contributed by atoms with Crippen LogP contribution in [0.4, 0.5) is 19.7 Å². The second-order valence-electron chi connectivity index (χ2n) is 8.26. The number of piperidine rings is 2. The number of ether oxygens (including phenoxy) is 1. The number of rotatable bonds is 6. The van der Waals surface area contributed by atoms with Gasteiger partial charge < -0.3 is 19.9 Å². The summed E-state index contributed by atoms with van der Waals surface area (Å²) < 4.78 is 18.5. The van der Waals surface area contributed by atoms with Gasteiger partial charge in [-0.3, -0.25) is 4.90 Å². The molecule has 0 aliphatic carbocycles. The van der Waals surface area contributed by atoms with Crippen molar-refractivity contribution in [3.63, 3.8) is 0 Å². The van der Waals surface area contributed by atoms with Gasteiger partial charge in [-0.15, -0.1) is 0 Å². The van der Waals surface area contributed by atoms with Crippen molar-refractivity contribution >= 4 is 17.8 Å². The number of nitrogens with zero attached hydrogens (tertiary/aromatic N) is 3. The maximum Gasteiger partial charge on any atom is 0.409 e. The Balaban J connectivity index is 0.00000363. The molecule has 1 aromatic carbocycles. The normalized spacial score (nSPS) is 18.6. The molecular weight excluding hydrogens is 399 g/mol. The number of hydrogen-bond acceptors (Lipinski definition) is 4. The predicted octanol–water partition coefficient (Wildman–Crippen LogP) is 4.08. The van der Waals surface area contributed by atoms with E-state index in [9.17, 15) is 14.0 Å². The molecule has 8 heteroatoms. The van der Waals surface area contributed by atoms with Gasteiger partial charge in [0.25, 0.3) is 0 Å². The number of likely N-dealkylation sites (tertiary alicyclic amines) is 2. The lowest BCUT2D eigenvalue weighted by atomic mass is 9.97. The molecule has 7 nitrogen and oxygen atoms in total. The summed E-state index contributed by atoms with van der Waals surface area (Å²) in [5.41, 5.74) is 0.733. The number of amides is 3. The Labute approximate surface area is 186 Å². The molecule has 0 unspecified atom stereocenters. The third-order valence-corrected chi connectivity index (χ3v) is 6.22. The van der Waals surface area contributed by atoms with Crippen molar-refractivity contribution in [2.24, 2.45) is 0 Å². The number of urea groups is 1. The molecule has 31 heavy (non-hydrogen) atoms. The van der Waals surface area contributed by atoms with E-state index < -0.39 is 0 Å². The van der Waals surface area contributed by atoms with Crippen molar-refractivity contribution < 1.29 is 20.1 Å². The SMILES string of the molecule is CCCNC(=O)N(c1ccc(F)cc1)C1CCN(C2CCN(C(=O)OCC)CC2)CC1.[HH]. The molecule has 2 heterocycles. The van der Waals surface area contributed by atoms with E-state index in [1.165, 1.54) is 12.1 Å². The standard InChI is InChI=1S/C23H35FN4O3.H2/c1-3-13-25-22(29)28(20-7-5-18(24)6-8-20)21-11-14-26(15-12-21)19-9-16-27(17-10-19)23(30)31-4-2;/h5-8,19,21H,3-4,9-17H2,1-2H3,(H,25,29);1H. The zero-order valence-electron chi connectivity index (χ0n) is 18.7. The Kier molecular flexibility index (Phi) is 8.51. The van der Waals surface area contributed by atoms with Crippen LogP contribution in [0.1, 0.15) is 47.4 Å². The molecule has 2 fully saturated rings. The molecule has 1 aromatic rings. The van der Waals surface area contributed by atoms with Gasteiger partial charge in [0.15, 0.2) is 0 Å². The molecular formula is C23H37FN4O3. The summed E-state index contributed by atoms with van der Waals surface area (Å²) in [6.45, 7) is 8.15. The number of carbonyl (C=O) groups excluding carboxylic acids is 2. The first kappa shape index (κ1) is 23.3. The van der Waals surface area contributed by atoms with E-state index in [2.05, 4.69) is 10.2 Å².